The third-order valence-electron chi connectivity index (χ3n) is 2.11. The van der Waals surface area contributed by atoms with E-state index in [4.69, 9.17) is 10.7 Å². The zero-order chi connectivity index (χ0) is 12.6. The third kappa shape index (κ3) is 2.67. The topological polar surface area (TPSA) is 75.7 Å². The van der Waals surface area contributed by atoms with Crippen LogP contribution in [0.5, 0.6) is 0 Å². The van der Waals surface area contributed by atoms with E-state index in [1.165, 1.54) is 0 Å². The van der Waals surface area contributed by atoms with E-state index in [9.17, 15) is 8.42 Å². The van der Waals surface area contributed by atoms with Crippen molar-refractivity contribution in [3.05, 3.63) is 28.2 Å². The molecule has 0 aliphatic rings. The summed E-state index contributed by atoms with van der Waals surface area (Å²) in [6.45, 7) is 1.92. The molecule has 0 fully saturated rings. The Balaban J connectivity index is 2.47. The number of rotatable bonds is 2. The Morgan fingerprint density at radius 3 is 2.65 bits per heavy atom. The van der Waals surface area contributed by atoms with Crippen LogP contribution in [0.2, 0.25) is 0 Å². The number of aryl methyl sites for hydroxylation is 1. The van der Waals surface area contributed by atoms with Crippen molar-refractivity contribution in [2.75, 3.05) is 0 Å². The molecule has 1 heterocycles. The first-order chi connectivity index (χ1) is 7.88. The van der Waals surface area contributed by atoms with Crippen LogP contribution in [0.15, 0.2) is 27.8 Å². The van der Waals surface area contributed by atoms with Crippen molar-refractivity contribution in [1.82, 2.24) is 15.2 Å². The highest BCUT2D eigenvalue weighted by atomic mass is 79.9. The Bertz CT molecular complexity index is 669. The van der Waals surface area contributed by atoms with Crippen LogP contribution in [-0.4, -0.2) is 23.6 Å². The normalized spacial score (nSPS) is 11.7. The van der Waals surface area contributed by atoms with Gasteiger partial charge in [0.15, 0.2) is 5.82 Å². The molecule has 1 N–H and O–H groups in total. The van der Waals surface area contributed by atoms with Crippen LogP contribution in [0, 0.1) is 6.92 Å². The maximum atomic E-state index is 11.0. The minimum Gasteiger partial charge on any atom is -0.248 e. The molecule has 0 amide bonds. The number of benzene rings is 1. The lowest BCUT2D eigenvalue weighted by Crippen LogP contribution is -1.92. The molecule has 0 aliphatic carbocycles. The summed E-state index contributed by atoms with van der Waals surface area (Å²) in [6, 6.07) is 5.47. The minimum atomic E-state index is -3.87. The van der Waals surface area contributed by atoms with E-state index in [2.05, 4.69) is 31.1 Å². The van der Waals surface area contributed by atoms with E-state index in [1.54, 1.807) is 6.07 Å². The number of aromatic amines is 1. The molecular formula is C9H7BrClN3O2S. The average molecular weight is 337 g/mol. The molecule has 0 atom stereocenters. The van der Waals surface area contributed by atoms with E-state index in [1.807, 2.05) is 19.1 Å². The molecule has 0 bridgehead atoms. The summed E-state index contributed by atoms with van der Waals surface area (Å²) >= 11 is 3.37. The molecule has 0 unspecified atom stereocenters. The smallest absolute Gasteiger partial charge is 0.248 e. The van der Waals surface area contributed by atoms with Gasteiger partial charge in [0.25, 0.3) is 14.2 Å². The second-order valence-electron chi connectivity index (χ2n) is 3.37. The summed E-state index contributed by atoms with van der Waals surface area (Å²) in [5.41, 5.74) is 1.72. The van der Waals surface area contributed by atoms with E-state index in [0.717, 1.165) is 10.0 Å². The Morgan fingerprint density at radius 2 is 2.12 bits per heavy atom. The molecule has 0 saturated carbocycles. The van der Waals surface area contributed by atoms with Gasteiger partial charge in [0.2, 0.25) is 0 Å². The molecule has 0 spiro atoms. The van der Waals surface area contributed by atoms with Gasteiger partial charge < -0.3 is 0 Å². The Labute approximate surface area is 111 Å². The quantitative estimate of drug-likeness (QED) is 0.855. The van der Waals surface area contributed by atoms with Crippen molar-refractivity contribution in [3.63, 3.8) is 0 Å². The number of nitrogens with zero attached hydrogens (tertiary/aromatic N) is 2. The van der Waals surface area contributed by atoms with Crippen molar-refractivity contribution in [2.24, 2.45) is 0 Å². The predicted molar refractivity (Wildman–Crippen MR) is 67.3 cm³/mol. The highest BCUT2D eigenvalue weighted by Gasteiger charge is 2.16. The van der Waals surface area contributed by atoms with Gasteiger partial charge in [-0.3, -0.25) is 0 Å². The lowest BCUT2D eigenvalue weighted by Gasteiger charge is -1.99. The average Bonchev–Trinajstić information content (AvgIpc) is 2.70. The predicted octanol–water partition coefficient (Wildman–Crippen LogP) is 2.47. The fourth-order valence-electron chi connectivity index (χ4n) is 1.27. The lowest BCUT2D eigenvalue weighted by molar-refractivity contribution is 0.602. The van der Waals surface area contributed by atoms with Gasteiger partial charge in [-0.1, -0.05) is 15.9 Å². The molecule has 0 aliphatic heterocycles. The fourth-order valence-corrected chi connectivity index (χ4v) is 2.07. The minimum absolute atomic E-state index is 0.292. The maximum absolute atomic E-state index is 11.0. The highest BCUT2D eigenvalue weighted by Crippen LogP contribution is 2.23. The molecule has 1 aromatic heterocycles. The molecule has 2 aromatic rings. The van der Waals surface area contributed by atoms with Gasteiger partial charge in [0.1, 0.15) is 0 Å². The molecule has 90 valence electrons. The number of aromatic nitrogens is 3. The molecule has 8 heteroatoms. The SMILES string of the molecule is Cc1cc(-c2n[nH]c(S(=O)(=O)Cl)n2)ccc1Br. The van der Waals surface area contributed by atoms with Crippen molar-refractivity contribution in [1.29, 1.82) is 0 Å². The van der Waals surface area contributed by atoms with Gasteiger partial charge in [-0.05, 0) is 30.7 Å². The van der Waals surface area contributed by atoms with Crippen LogP contribution >= 0.6 is 26.6 Å². The largest absolute Gasteiger partial charge is 0.296 e. The van der Waals surface area contributed by atoms with Gasteiger partial charge in [-0.25, -0.2) is 13.5 Å². The third-order valence-corrected chi connectivity index (χ3v) is 4.08. The number of halogens is 2. The van der Waals surface area contributed by atoms with Crippen LogP contribution in [0.3, 0.4) is 0 Å². The first-order valence-corrected chi connectivity index (χ1v) is 7.62. The number of hydrogen-bond donors (Lipinski definition) is 1. The monoisotopic (exact) mass is 335 g/mol. The van der Waals surface area contributed by atoms with Gasteiger partial charge >= 0.3 is 0 Å². The van der Waals surface area contributed by atoms with Crippen molar-refractivity contribution in [2.45, 2.75) is 12.1 Å². The summed E-state index contributed by atoms with van der Waals surface area (Å²) in [5, 5.41) is 5.74. The molecule has 0 saturated heterocycles. The summed E-state index contributed by atoms with van der Waals surface area (Å²) in [6.07, 6.45) is 0. The first kappa shape index (κ1) is 12.5. The molecule has 0 radical (unpaired) electrons. The summed E-state index contributed by atoms with van der Waals surface area (Å²) in [7, 11) is 1.27. The second-order valence-corrected chi connectivity index (χ2v) is 6.70. The molecule has 17 heavy (non-hydrogen) atoms. The highest BCUT2D eigenvalue weighted by molar-refractivity contribution is 9.10. The van der Waals surface area contributed by atoms with Crippen molar-refractivity contribution < 1.29 is 8.42 Å². The van der Waals surface area contributed by atoms with E-state index < -0.39 is 9.05 Å². The number of H-pyrrole nitrogens is 1. The Kier molecular flexibility index (Phi) is 3.24. The van der Waals surface area contributed by atoms with E-state index in [0.29, 0.717) is 11.4 Å². The number of nitrogens with one attached hydrogen (secondary N) is 1. The van der Waals surface area contributed by atoms with Crippen molar-refractivity contribution in [3.8, 4) is 11.4 Å². The van der Waals surface area contributed by atoms with Crippen LogP contribution in [0.25, 0.3) is 11.4 Å². The van der Waals surface area contributed by atoms with Gasteiger partial charge in [-0.2, -0.15) is 10.1 Å². The van der Waals surface area contributed by atoms with E-state index in [-0.39, 0.29) is 5.16 Å². The van der Waals surface area contributed by atoms with Gasteiger partial charge in [-0.15, -0.1) is 0 Å². The van der Waals surface area contributed by atoms with E-state index >= 15 is 0 Å². The Hall–Kier alpha value is -0.920. The standard InChI is InChI=1S/C9H7BrClN3O2S/c1-5-4-6(2-3-7(5)10)8-12-9(14-13-8)17(11,15)16/h2-4H,1H3,(H,12,13,14). The molecule has 2 rings (SSSR count). The summed E-state index contributed by atoms with van der Waals surface area (Å²) in [5.74, 6) is 0.292. The fraction of sp³-hybridized carbons (Fsp3) is 0.111. The summed E-state index contributed by atoms with van der Waals surface area (Å²) < 4.78 is 23.0. The van der Waals surface area contributed by atoms with Crippen LogP contribution < -0.4 is 0 Å². The van der Waals surface area contributed by atoms with Crippen LogP contribution in [0.1, 0.15) is 5.56 Å². The summed E-state index contributed by atoms with van der Waals surface area (Å²) in [4.78, 5) is 3.82. The van der Waals surface area contributed by atoms with Gasteiger partial charge in [0, 0.05) is 20.7 Å². The Morgan fingerprint density at radius 1 is 1.41 bits per heavy atom. The second kappa shape index (κ2) is 4.40. The zero-order valence-corrected chi connectivity index (χ0v) is 11.8. The number of hydrogen-bond acceptors (Lipinski definition) is 4. The molecule has 1 aromatic carbocycles. The first-order valence-electron chi connectivity index (χ1n) is 4.51. The maximum Gasteiger partial charge on any atom is 0.296 e. The zero-order valence-electron chi connectivity index (χ0n) is 8.61. The van der Waals surface area contributed by atoms with Crippen molar-refractivity contribution >= 4 is 35.7 Å². The van der Waals surface area contributed by atoms with Gasteiger partial charge in [0.05, 0.1) is 0 Å². The molecular weight excluding hydrogens is 330 g/mol. The van der Waals surface area contributed by atoms with Crippen LogP contribution in [-0.2, 0) is 9.05 Å². The van der Waals surface area contributed by atoms with Crippen LogP contribution in [0.4, 0.5) is 0 Å². The molecule has 5 nitrogen and oxygen atoms in total. The lowest BCUT2D eigenvalue weighted by atomic mass is 10.1.